The molecule has 2 aromatic carbocycles. The van der Waals surface area contributed by atoms with Gasteiger partial charge in [0.15, 0.2) is 5.82 Å². The summed E-state index contributed by atoms with van der Waals surface area (Å²) in [6.45, 7) is 9.99. The molecular formula is C23H29FN6. The van der Waals surface area contributed by atoms with Gasteiger partial charge >= 0.3 is 0 Å². The first-order chi connectivity index (χ1) is 14.5. The van der Waals surface area contributed by atoms with Crippen LogP contribution in [0.3, 0.4) is 0 Å². The Kier molecular flexibility index (Phi) is 5.81. The number of rotatable bonds is 6. The van der Waals surface area contributed by atoms with Gasteiger partial charge in [0.25, 0.3) is 0 Å². The predicted octanol–water partition coefficient (Wildman–Crippen LogP) is 3.87. The number of aromatic nitrogens is 4. The third kappa shape index (κ3) is 4.07. The second-order valence-electron chi connectivity index (χ2n) is 8.43. The summed E-state index contributed by atoms with van der Waals surface area (Å²) in [6.07, 6.45) is 0.906. The molecule has 7 heteroatoms. The zero-order valence-electron chi connectivity index (χ0n) is 17.9. The number of hydrogen-bond donors (Lipinski definition) is 0. The number of anilines is 1. The van der Waals surface area contributed by atoms with Crippen LogP contribution in [0.2, 0.25) is 0 Å². The third-order valence-corrected chi connectivity index (χ3v) is 6.16. The second kappa shape index (κ2) is 8.52. The van der Waals surface area contributed by atoms with Crippen LogP contribution in [-0.2, 0) is 5.54 Å². The molecule has 2 heterocycles. The van der Waals surface area contributed by atoms with Crippen molar-refractivity contribution >= 4 is 5.69 Å². The smallest absolute Gasteiger partial charge is 0.173 e. The van der Waals surface area contributed by atoms with Crippen LogP contribution in [0.4, 0.5) is 10.1 Å². The van der Waals surface area contributed by atoms with E-state index in [1.54, 1.807) is 0 Å². The van der Waals surface area contributed by atoms with Gasteiger partial charge < -0.3 is 4.90 Å². The lowest BCUT2D eigenvalue weighted by Crippen LogP contribution is -2.48. The minimum absolute atomic E-state index is 0.121. The van der Waals surface area contributed by atoms with Crippen molar-refractivity contribution in [3.63, 3.8) is 0 Å². The first-order valence-corrected chi connectivity index (χ1v) is 10.6. The number of nitrogens with zero attached hydrogens (tertiary/aromatic N) is 6. The summed E-state index contributed by atoms with van der Waals surface area (Å²) in [5.74, 6) is 0.571. The van der Waals surface area contributed by atoms with Crippen LogP contribution in [0.1, 0.15) is 44.6 Å². The Morgan fingerprint density at radius 2 is 1.63 bits per heavy atom. The summed E-state index contributed by atoms with van der Waals surface area (Å²) in [5.41, 5.74) is 2.04. The number of benzene rings is 2. The number of halogens is 1. The van der Waals surface area contributed by atoms with Gasteiger partial charge in [-0.15, -0.1) is 5.10 Å². The molecular weight excluding hydrogens is 379 g/mol. The fourth-order valence-corrected chi connectivity index (χ4v) is 3.99. The Balaban J connectivity index is 1.65. The van der Waals surface area contributed by atoms with Crippen molar-refractivity contribution in [2.24, 2.45) is 0 Å². The van der Waals surface area contributed by atoms with E-state index < -0.39 is 0 Å². The van der Waals surface area contributed by atoms with E-state index in [-0.39, 0.29) is 17.4 Å². The molecule has 0 radical (unpaired) electrons. The number of tetrazole rings is 1. The normalized spacial score (nSPS) is 16.6. The van der Waals surface area contributed by atoms with Gasteiger partial charge in [-0.25, -0.2) is 9.07 Å². The highest BCUT2D eigenvalue weighted by Gasteiger charge is 2.34. The van der Waals surface area contributed by atoms with Gasteiger partial charge in [0.05, 0.1) is 11.6 Å². The van der Waals surface area contributed by atoms with E-state index in [0.717, 1.165) is 44.0 Å². The number of para-hydroxylation sites is 1. The average Bonchev–Trinajstić information content (AvgIpc) is 3.27. The van der Waals surface area contributed by atoms with Crippen molar-refractivity contribution in [2.45, 2.75) is 38.8 Å². The van der Waals surface area contributed by atoms with E-state index in [9.17, 15) is 4.39 Å². The molecule has 30 heavy (non-hydrogen) atoms. The van der Waals surface area contributed by atoms with Crippen molar-refractivity contribution in [1.29, 1.82) is 0 Å². The van der Waals surface area contributed by atoms with E-state index in [1.165, 1.54) is 17.8 Å². The summed E-state index contributed by atoms with van der Waals surface area (Å²) in [7, 11) is 0. The van der Waals surface area contributed by atoms with Gasteiger partial charge in [-0.1, -0.05) is 37.3 Å². The lowest BCUT2D eigenvalue weighted by molar-refractivity contribution is 0.187. The Labute approximate surface area is 177 Å². The highest BCUT2D eigenvalue weighted by molar-refractivity contribution is 5.46. The Morgan fingerprint density at radius 1 is 0.967 bits per heavy atom. The standard InChI is InChI=1S/C23H29FN6/c1-4-23(2,3)30-22(25-26-27-30)21(18-10-12-19(24)13-11-18)29-16-14-28(15-17-29)20-8-6-5-7-9-20/h5-13,21H,4,14-17H2,1-3H3/t21-/m0/s1. The van der Waals surface area contributed by atoms with Crippen molar-refractivity contribution < 1.29 is 4.39 Å². The zero-order valence-corrected chi connectivity index (χ0v) is 17.9. The predicted molar refractivity (Wildman–Crippen MR) is 116 cm³/mol. The molecule has 0 amide bonds. The van der Waals surface area contributed by atoms with Crippen molar-refractivity contribution in [2.75, 3.05) is 31.1 Å². The molecule has 0 bridgehead atoms. The quantitative estimate of drug-likeness (QED) is 0.620. The van der Waals surface area contributed by atoms with Gasteiger partial charge in [0.1, 0.15) is 5.82 Å². The maximum atomic E-state index is 13.6. The molecule has 0 saturated carbocycles. The monoisotopic (exact) mass is 408 g/mol. The molecule has 0 N–H and O–H groups in total. The Hall–Kier alpha value is -2.80. The Morgan fingerprint density at radius 3 is 2.27 bits per heavy atom. The molecule has 1 aromatic heterocycles. The van der Waals surface area contributed by atoms with E-state index in [4.69, 9.17) is 0 Å². The lowest BCUT2D eigenvalue weighted by atomic mass is 9.99. The number of piperazine rings is 1. The van der Waals surface area contributed by atoms with Gasteiger partial charge in [-0.3, -0.25) is 4.90 Å². The van der Waals surface area contributed by atoms with Crippen molar-refractivity contribution in [3.05, 3.63) is 71.8 Å². The molecule has 158 valence electrons. The summed E-state index contributed by atoms with van der Waals surface area (Å²) in [6, 6.07) is 17.1. The summed E-state index contributed by atoms with van der Waals surface area (Å²) in [5, 5.41) is 12.8. The molecule has 6 nitrogen and oxygen atoms in total. The molecule has 1 fully saturated rings. The summed E-state index contributed by atoms with van der Waals surface area (Å²) < 4.78 is 15.6. The highest BCUT2D eigenvalue weighted by Crippen LogP contribution is 2.32. The van der Waals surface area contributed by atoms with E-state index in [0.29, 0.717) is 0 Å². The van der Waals surface area contributed by atoms with Gasteiger partial charge in [-0.2, -0.15) is 0 Å². The minimum Gasteiger partial charge on any atom is -0.369 e. The van der Waals surface area contributed by atoms with Crippen LogP contribution in [0.5, 0.6) is 0 Å². The van der Waals surface area contributed by atoms with Crippen molar-refractivity contribution in [3.8, 4) is 0 Å². The number of hydrogen-bond acceptors (Lipinski definition) is 5. The minimum atomic E-state index is -0.236. The maximum Gasteiger partial charge on any atom is 0.173 e. The first-order valence-electron chi connectivity index (χ1n) is 10.6. The van der Waals surface area contributed by atoms with E-state index in [2.05, 4.69) is 70.4 Å². The van der Waals surface area contributed by atoms with Gasteiger partial charge in [0, 0.05) is 31.9 Å². The average molecular weight is 409 g/mol. The molecule has 1 saturated heterocycles. The van der Waals surface area contributed by atoms with Gasteiger partial charge in [0.2, 0.25) is 0 Å². The molecule has 1 aliphatic rings. The maximum absolute atomic E-state index is 13.6. The Bertz CT molecular complexity index is 945. The second-order valence-corrected chi connectivity index (χ2v) is 8.43. The van der Waals surface area contributed by atoms with Crippen LogP contribution in [0.25, 0.3) is 0 Å². The lowest BCUT2D eigenvalue weighted by Gasteiger charge is -2.40. The summed E-state index contributed by atoms with van der Waals surface area (Å²) in [4.78, 5) is 4.80. The van der Waals surface area contributed by atoms with Crippen LogP contribution < -0.4 is 4.90 Å². The molecule has 0 unspecified atom stereocenters. The molecule has 0 aliphatic carbocycles. The third-order valence-electron chi connectivity index (χ3n) is 6.16. The fourth-order valence-electron chi connectivity index (χ4n) is 3.99. The molecule has 4 rings (SSSR count). The van der Waals surface area contributed by atoms with Gasteiger partial charge in [-0.05, 0) is 60.5 Å². The zero-order chi connectivity index (χ0) is 21.1. The molecule has 3 aromatic rings. The largest absolute Gasteiger partial charge is 0.369 e. The molecule has 0 spiro atoms. The topological polar surface area (TPSA) is 50.1 Å². The van der Waals surface area contributed by atoms with Crippen LogP contribution in [0.15, 0.2) is 54.6 Å². The van der Waals surface area contributed by atoms with Crippen LogP contribution in [-0.4, -0.2) is 51.3 Å². The SMILES string of the molecule is CCC(C)(C)n1nnnc1[C@H](c1ccc(F)cc1)N1CCN(c2ccccc2)CC1. The van der Waals surface area contributed by atoms with E-state index in [1.807, 2.05) is 22.9 Å². The van der Waals surface area contributed by atoms with Crippen LogP contribution >= 0.6 is 0 Å². The summed E-state index contributed by atoms with van der Waals surface area (Å²) >= 11 is 0. The molecule has 1 aliphatic heterocycles. The van der Waals surface area contributed by atoms with E-state index >= 15 is 0 Å². The first kappa shape index (κ1) is 20.5. The van der Waals surface area contributed by atoms with Crippen LogP contribution in [0, 0.1) is 5.82 Å². The molecule has 1 atom stereocenters. The fraction of sp³-hybridized carbons (Fsp3) is 0.435. The highest BCUT2D eigenvalue weighted by atomic mass is 19.1. The van der Waals surface area contributed by atoms with Crippen molar-refractivity contribution in [1.82, 2.24) is 25.1 Å².